The average Bonchev–Trinajstić information content (AvgIpc) is 2.78. The maximum absolute atomic E-state index is 13.6. The van der Waals surface area contributed by atoms with Gasteiger partial charge in [-0.15, -0.1) is 0 Å². The second-order valence-electron chi connectivity index (χ2n) is 8.44. The van der Waals surface area contributed by atoms with Gasteiger partial charge in [0.25, 0.3) is 0 Å². The molecule has 2 unspecified atom stereocenters. The van der Waals surface area contributed by atoms with Crippen LogP contribution in [0.2, 0.25) is 0 Å². The number of likely N-dealkylation sites (N-methyl/N-ethyl adjacent to an activating group) is 1. The van der Waals surface area contributed by atoms with Crippen molar-refractivity contribution in [1.82, 2.24) is 9.62 Å². The van der Waals surface area contributed by atoms with Gasteiger partial charge in [-0.3, -0.25) is 4.72 Å². The zero-order valence-electron chi connectivity index (χ0n) is 19.0. The summed E-state index contributed by atoms with van der Waals surface area (Å²) in [7, 11) is 2.14. The molecule has 1 saturated heterocycles. The Bertz CT molecular complexity index is 905. The highest BCUT2D eigenvalue weighted by atomic mass is 32.2. The first-order valence-corrected chi connectivity index (χ1v) is 11.8. The van der Waals surface area contributed by atoms with E-state index in [9.17, 15) is 8.78 Å². The van der Waals surface area contributed by atoms with Crippen molar-refractivity contribution in [1.29, 1.82) is 0 Å². The minimum atomic E-state index is -0.249. The summed E-state index contributed by atoms with van der Waals surface area (Å²) >= 11 is 1.65. The summed E-state index contributed by atoms with van der Waals surface area (Å²) in [5.41, 5.74) is 3.11. The van der Waals surface area contributed by atoms with E-state index < -0.39 is 0 Å². The number of hydrogen-bond donors (Lipinski definition) is 1. The minimum Gasteiger partial charge on any atom is -0.302 e. The summed E-state index contributed by atoms with van der Waals surface area (Å²) in [5, 5.41) is 0. The van der Waals surface area contributed by atoms with Crippen molar-refractivity contribution in [2.24, 2.45) is 0 Å². The van der Waals surface area contributed by atoms with Gasteiger partial charge in [-0.2, -0.15) is 0 Å². The summed E-state index contributed by atoms with van der Waals surface area (Å²) in [6.07, 6.45) is 8.15. The lowest BCUT2D eigenvalue weighted by Crippen LogP contribution is -2.48. The van der Waals surface area contributed by atoms with Crippen molar-refractivity contribution >= 4 is 11.9 Å². The number of nitrogens with one attached hydrogen (secondary N) is 1. The minimum absolute atomic E-state index is 0.0281. The van der Waals surface area contributed by atoms with Gasteiger partial charge in [-0.25, -0.2) is 8.78 Å². The molecule has 5 heteroatoms. The van der Waals surface area contributed by atoms with Gasteiger partial charge in [0.15, 0.2) is 0 Å². The molecule has 1 heterocycles. The predicted molar refractivity (Wildman–Crippen MR) is 133 cm³/mol. The molecular weight excluding hydrogens is 422 g/mol. The van der Waals surface area contributed by atoms with Crippen LogP contribution in [0.1, 0.15) is 43.7 Å². The highest BCUT2D eigenvalue weighted by Crippen LogP contribution is 2.36. The highest BCUT2D eigenvalue weighted by molar-refractivity contribution is 8.01. The molecule has 2 atom stereocenters. The molecule has 2 aromatic carbocycles. The fraction of sp³-hybridized carbons (Fsp3) is 0.333. The molecule has 0 aliphatic carbocycles. The van der Waals surface area contributed by atoms with Crippen molar-refractivity contribution < 1.29 is 8.78 Å². The molecule has 170 valence electrons. The Morgan fingerprint density at radius 3 is 2.12 bits per heavy atom. The molecule has 0 saturated carbocycles. The predicted octanol–water partition coefficient (Wildman–Crippen LogP) is 6.83. The topological polar surface area (TPSA) is 15.3 Å². The first-order chi connectivity index (χ1) is 15.4. The summed E-state index contributed by atoms with van der Waals surface area (Å²) in [4.78, 5) is 3.52. The normalized spacial score (nSPS) is 20.2. The quantitative estimate of drug-likeness (QED) is 0.347. The first kappa shape index (κ1) is 24.4. The number of halogens is 2. The van der Waals surface area contributed by atoms with Crippen LogP contribution in [0.25, 0.3) is 0 Å². The molecule has 0 aromatic heterocycles. The molecular formula is C27H32F2N2S. The Labute approximate surface area is 195 Å². The van der Waals surface area contributed by atoms with Crippen molar-refractivity contribution in [2.75, 3.05) is 13.6 Å². The summed E-state index contributed by atoms with van der Waals surface area (Å²) in [6.45, 7) is 8.89. The molecule has 32 heavy (non-hydrogen) atoms. The van der Waals surface area contributed by atoms with Crippen LogP contribution < -0.4 is 4.72 Å². The number of rotatable bonds is 8. The van der Waals surface area contributed by atoms with Crippen LogP contribution in [0.15, 0.2) is 83.8 Å². The van der Waals surface area contributed by atoms with Crippen LogP contribution in [-0.4, -0.2) is 30.6 Å². The number of likely N-dealkylation sites (tertiary alicyclic amines) is 1. The molecule has 3 rings (SSSR count). The van der Waals surface area contributed by atoms with E-state index in [1.165, 1.54) is 24.3 Å². The van der Waals surface area contributed by atoms with Crippen LogP contribution >= 0.6 is 11.9 Å². The van der Waals surface area contributed by atoms with Crippen LogP contribution in [0, 0.1) is 11.6 Å². The fourth-order valence-corrected chi connectivity index (χ4v) is 4.92. The van der Waals surface area contributed by atoms with Crippen LogP contribution in [0.5, 0.6) is 0 Å². The van der Waals surface area contributed by atoms with E-state index in [4.69, 9.17) is 0 Å². The molecule has 0 amide bonds. The molecule has 2 nitrogen and oxygen atoms in total. The Hall–Kier alpha value is -2.21. The molecule has 1 aliphatic heterocycles. The molecule has 1 aliphatic rings. The van der Waals surface area contributed by atoms with Gasteiger partial charge in [0.1, 0.15) is 11.6 Å². The number of hydrogen-bond acceptors (Lipinski definition) is 3. The zero-order chi connectivity index (χ0) is 23.1. The van der Waals surface area contributed by atoms with Crippen molar-refractivity contribution in [3.8, 4) is 0 Å². The van der Waals surface area contributed by atoms with E-state index in [0.717, 1.165) is 41.0 Å². The zero-order valence-corrected chi connectivity index (χ0v) is 19.8. The Morgan fingerprint density at radius 1 is 1.06 bits per heavy atom. The van der Waals surface area contributed by atoms with Gasteiger partial charge in [0.2, 0.25) is 0 Å². The van der Waals surface area contributed by atoms with Gasteiger partial charge in [-0.05, 0) is 93.7 Å². The highest BCUT2D eigenvalue weighted by Gasteiger charge is 2.34. The maximum atomic E-state index is 13.6. The first-order valence-electron chi connectivity index (χ1n) is 11.0. The third-order valence-corrected chi connectivity index (χ3v) is 6.98. The number of nitrogens with zero attached hydrogens (tertiary/aromatic N) is 1. The summed E-state index contributed by atoms with van der Waals surface area (Å²) < 4.78 is 30.9. The summed E-state index contributed by atoms with van der Waals surface area (Å²) in [5.74, 6) is -0.470. The Morgan fingerprint density at radius 2 is 1.62 bits per heavy atom. The third kappa shape index (κ3) is 6.64. The molecule has 0 spiro atoms. The Balaban J connectivity index is 1.81. The number of benzene rings is 2. The standard InChI is InChI=1S/C27H32F2N2S/c1-5-25(15-6-19(2)3)32-30-24-16-17-31(4)26(18-24)27(20-7-11-22(28)12-8-20)21-9-13-23(29)14-10-21/h5-15,24,26-27,30H,2,16-18H2,1,3-4H3/b15-6-,25-5+. The summed E-state index contributed by atoms with van der Waals surface area (Å²) in [6, 6.07) is 14.0. The van der Waals surface area contributed by atoms with E-state index in [-0.39, 0.29) is 23.6 Å². The fourth-order valence-electron chi connectivity index (χ4n) is 4.15. The van der Waals surface area contributed by atoms with Crippen molar-refractivity contribution in [3.05, 3.63) is 107 Å². The van der Waals surface area contributed by atoms with Crippen LogP contribution in [0.4, 0.5) is 8.78 Å². The van der Waals surface area contributed by atoms with Crippen LogP contribution in [0.3, 0.4) is 0 Å². The lowest BCUT2D eigenvalue weighted by molar-refractivity contribution is 0.151. The number of piperidine rings is 1. The molecule has 0 bridgehead atoms. The molecule has 0 radical (unpaired) electrons. The van der Waals surface area contributed by atoms with Gasteiger partial charge in [0, 0.05) is 22.9 Å². The van der Waals surface area contributed by atoms with Crippen molar-refractivity contribution in [2.45, 2.75) is 44.7 Å². The second kappa shape index (κ2) is 11.6. The maximum Gasteiger partial charge on any atom is 0.123 e. The van der Waals surface area contributed by atoms with Crippen LogP contribution in [-0.2, 0) is 0 Å². The van der Waals surface area contributed by atoms with E-state index in [2.05, 4.69) is 35.4 Å². The monoisotopic (exact) mass is 454 g/mol. The smallest absolute Gasteiger partial charge is 0.123 e. The Kier molecular flexibility index (Phi) is 8.85. The number of allylic oxidation sites excluding steroid dienone is 4. The van der Waals surface area contributed by atoms with Gasteiger partial charge < -0.3 is 4.90 Å². The second-order valence-corrected chi connectivity index (χ2v) is 9.35. The lowest BCUT2D eigenvalue weighted by Gasteiger charge is -2.42. The third-order valence-electron chi connectivity index (χ3n) is 5.93. The van der Waals surface area contributed by atoms with Gasteiger partial charge in [0.05, 0.1) is 0 Å². The molecule has 1 fully saturated rings. The van der Waals surface area contributed by atoms with Gasteiger partial charge in [-0.1, -0.05) is 48.6 Å². The molecule has 2 aromatic rings. The lowest BCUT2D eigenvalue weighted by atomic mass is 9.79. The van der Waals surface area contributed by atoms with E-state index >= 15 is 0 Å². The average molecular weight is 455 g/mol. The van der Waals surface area contributed by atoms with E-state index in [1.54, 1.807) is 11.9 Å². The van der Waals surface area contributed by atoms with E-state index in [1.807, 2.05) is 44.2 Å². The van der Waals surface area contributed by atoms with Gasteiger partial charge >= 0.3 is 0 Å². The molecule has 1 N–H and O–H groups in total. The van der Waals surface area contributed by atoms with E-state index in [0.29, 0.717) is 6.04 Å². The SMILES string of the molecule is C=C(C)/C=C\C(=C/C)SNC1CCN(C)C(C(c2ccc(F)cc2)c2ccc(F)cc2)C1. The largest absolute Gasteiger partial charge is 0.302 e. The van der Waals surface area contributed by atoms with Crippen molar-refractivity contribution in [3.63, 3.8) is 0 Å².